The van der Waals surface area contributed by atoms with Gasteiger partial charge in [0.1, 0.15) is 5.82 Å². The second kappa shape index (κ2) is 10.3. The fourth-order valence-electron chi connectivity index (χ4n) is 3.41. The van der Waals surface area contributed by atoms with Gasteiger partial charge in [-0.2, -0.15) is 0 Å². The number of nitrogens with zero attached hydrogens (tertiary/aromatic N) is 2. The molecule has 1 aromatic heterocycles. The molecule has 0 aliphatic rings. The molecule has 0 aliphatic heterocycles. The third-order valence-electron chi connectivity index (χ3n) is 5.15. The highest BCUT2D eigenvalue weighted by Gasteiger charge is 2.20. The highest BCUT2D eigenvalue weighted by atomic mass is 16.5. The van der Waals surface area contributed by atoms with E-state index in [1.807, 2.05) is 63.2 Å². The molecule has 0 bridgehead atoms. The number of methoxy groups -OCH3 is 1. The number of nitrogens with one attached hydrogen (secondary N) is 1. The summed E-state index contributed by atoms with van der Waals surface area (Å²) in [6.07, 6.45) is 2.59. The highest BCUT2D eigenvalue weighted by Crippen LogP contribution is 2.26. The Hall–Kier alpha value is -3.02. The molecule has 0 saturated carbocycles. The molecule has 1 heterocycles. The van der Waals surface area contributed by atoms with E-state index >= 15 is 0 Å². The molecule has 1 N–H and O–H groups in total. The molecule has 0 aliphatic carbocycles. The highest BCUT2D eigenvalue weighted by molar-refractivity contribution is 5.81. The average Bonchev–Trinajstić information content (AvgIpc) is 3.10. The monoisotopic (exact) mass is 423 g/mol. The Morgan fingerprint density at radius 3 is 2.48 bits per heavy atom. The number of aromatic nitrogens is 2. The van der Waals surface area contributed by atoms with E-state index in [4.69, 9.17) is 14.5 Å². The van der Waals surface area contributed by atoms with Crippen LogP contribution >= 0.6 is 0 Å². The van der Waals surface area contributed by atoms with Crippen molar-refractivity contribution in [2.45, 2.75) is 46.6 Å². The molecule has 31 heavy (non-hydrogen) atoms. The summed E-state index contributed by atoms with van der Waals surface area (Å²) in [5.74, 6) is 2.58. The molecule has 6 heteroatoms. The molecule has 166 valence electrons. The summed E-state index contributed by atoms with van der Waals surface area (Å²) in [6, 6.07) is 15.9. The van der Waals surface area contributed by atoms with Crippen LogP contribution in [0.15, 0.2) is 48.5 Å². The van der Waals surface area contributed by atoms with Gasteiger partial charge in [0.05, 0.1) is 24.8 Å². The van der Waals surface area contributed by atoms with Crippen molar-refractivity contribution >= 4 is 16.9 Å². The molecule has 0 unspecified atom stereocenters. The lowest BCUT2D eigenvalue weighted by atomic mass is 9.96. The van der Waals surface area contributed by atoms with Gasteiger partial charge in [0.25, 0.3) is 0 Å². The van der Waals surface area contributed by atoms with Gasteiger partial charge in [-0.05, 0) is 37.1 Å². The third-order valence-corrected chi connectivity index (χ3v) is 5.15. The number of rotatable bonds is 10. The number of hydrogen-bond donors (Lipinski definition) is 1. The summed E-state index contributed by atoms with van der Waals surface area (Å²) >= 11 is 0. The number of fused-ring (bicyclic) bond motifs is 1. The zero-order chi connectivity index (χ0) is 22.3. The van der Waals surface area contributed by atoms with Crippen molar-refractivity contribution in [1.82, 2.24) is 14.9 Å². The van der Waals surface area contributed by atoms with Crippen LogP contribution in [0.3, 0.4) is 0 Å². The largest absolute Gasteiger partial charge is 0.493 e. The van der Waals surface area contributed by atoms with Crippen LogP contribution in [0, 0.1) is 5.41 Å². The molecule has 0 radical (unpaired) electrons. The quantitative estimate of drug-likeness (QED) is 0.484. The first kappa shape index (κ1) is 22.7. The van der Waals surface area contributed by atoms with E-state index < -0.39 is 0 Å². The second-order valence-corrected chi connectivity index (χ2v) is 8.63. The predicted octanol–water partition coefficient (Wildman–Crippen LogP) is 4.61. The molecule has 3 rings (SSSR count). The van der Waals surface area contributed by atoms with Crippen LogP contribution in [0.2, 0.25) is 0 Å². The van der Waals surface area contributed by atoms with Gasteiger partial charge in [0.2, 0.25) is 5.91 Å². The lowest BCUT2D eigenvalue weighted by Gasteiger charge is -2.17. The molecule has 2 aromatic carbocycles. The van der Waals surface area contributed by atoms with Crippen molar-refractivity contribution in [3.63, 3.8) is 0 Å². The van der Waals surface area contributed by atoms with Crippen molar-refractivity contribution < 1.29 is 14.3 Å². The summed E-state index contributed by atoms with van der Waals surface area (Å²) in [5.41, 5.74) is 1.73. The number of imidazole rings is 1. The zero-order valence-electron chi connectivity index (χ0n) is 19.0. The number of ether oxygens (including phenoxy) is 2. The van der Waals surface area contributed by atoms with Crippen molar-refractivity contribution in [3.8, 4) is 11.5 Å². The van der Waals surface area contributed by atoms with E-state index in [1.54, 1.807) is 7.11 Å². The van der Waals surface area contributed by atoms with Crippen molar-refractivity contribution in [2.24, 2.45) is 5.41 Å². The standard InChI is InChI=1S/C25H33N3O3/c1-25(2,3)24(29)26-16-15-23-27-19-11-5-6-12-20(19)28(23)17-9-10-18-31-22-14-8-7-13-21(22)30-4/h5-8,11-14H,9-10,15-18H2,1-4H3,(H,26,29). The van der Waals surface area contributed by atoms with Crippen LogP contribution in [0.25, 0.3) is 11.0 Å². The van der Waals surface area contributed by atoms with Crippen molar-refractivity contribution in [3.05, 3.63) is 54.4 Å². The van der Waals surface area contributed by atoms with Gasteiger partial charge in [-0.25, -0.2) is 4.98 Å². The maximum Gasteiger partial charge on any atom is 0.225 e. The Morgan fingerprint density at radius 2 is 1.74 bits per heavy atom. The Bertz CT molecular complexity index is 1000. The van der Waals surface area contributed by atoms with E-state index in [9.17, 15) is 4.79 Å². The number of hydrogen-bond acceptors (Lipinski definition) is 4. The molecule has 3 aromatic rings. The predicted molar refractivity (Wildman–Crippen MR) is 124 cm³/mol. The van der Waals surface area contributed by atoms with Gasteiger partial charge in [-0.1, -0.05) is 45.0 Å². The third kappa shape index (κ3) is 6.00. The number of para-hydroxylation sites is 4. The first-order valence-corrected chi connectivity index (χ1v) is 10.9. The fraction of sp³-hybridized carbons (Fsp3) is 0.440. The Kier molecular flexibility index (Phi) is 7.55. The maximum atomic E-state index is 12.2. The van der Waals surface area contributed by atoms with Crippen LogP contribution in [-0.4, -0.2) is 35.7 Å². The molecule has 0 spiro atoms. The summed E-state index contributed by atoms with van der Waals surface area (Å²) in [7, 11) is 1.65. The van der Waals surface area contributed by atoms with Gasteiger partial charge in [-0.15, -0.1) is 0 Å². The van der Waals surface area contributed by atoms with Gasteiger partial charge in [-0.3, -0.25) is 4.79 Å². The number of carbonyl (C=O) groups is 1. The maximum absolute atomic E-state index is 12.2. The SMILES string of the molecule is COc1ccccc1OCCCCn1c(CCNC(=O)C(C)(C)C)nc2ccccc21. The number of carbonyl (C=O) groups excluding carboxylic acids is 1. The number of benzene rings is 2. The molecule has 6 nitrogen and oxygen atoms in total. The first-order valence-electron chi connectivity index (χ1n) is 10.9. The van der Waals surface area contributed by atoms with Gasteiger partial charge in [0, 0.05) is 24.9 Å². The molecule has 1 amide bonds. The number of aryl methyl sites for hydroxylation is 1. The summed E-state index contributed by atoms with van der Waals surface area (Å²) in [6.45, 7) is 7.83. The van der Waals surface area contributed by atoms with Crippen LogP contribution in [0.4, 0.5) is 0 Å². The number of unbranched alkanes of at least 4 members (excludes halogenated alkanes) is 1. The Morgan fingerprint density at radius 1 is 1.03 bits per heavy atom. The van der Waals surface area contributed by atoms with Gasteiger partial charge >= 0.3 is 0 Å². The Balaban J connectivity index is 1.57. The minimum Gasteiger partial charge on any atom is -0.493 e. The van der Waals surface area contributed by atoms with Crippen LogP contribution in [0.5, 0.6) is 11.5 Å². The van der Waals surface area contributed by atoms with E-state index in [2.05, 4.69) is 16.0 Å². The lowest BCUT2D eigenvalue weighted by Crippen LogP contribution is -2.36. The van der Waals surface area contributed by atoms with E-state index in [1.165, 1.54) is 0 Å². The van der Waals surface area contributed by atoms with Crippen LogP contribution in [0.1, 0.15) is 39.4 Å². The van der Waals surface area contributed by atoms with Gasteiger partial charge < -0.3 is 19.4 Å². The lowest BCUT2D eigenvalue weighted by molar-refractivity contribution is -0.128. The first-order chi connectivity index (χ1) is 14.9. The molecule has 0 atom stereocenters. The van der Waals surface area contributed by atoms with Crippen LogP contribution in [-0.2, 0) is 17.8 Å². The van der Waals surface area contributed by atoms with Gasteiger partial charge in [0.15, 0.2) is 11.5 Å². The summed E-state index contributed by atoms with van der Waals surface area (Å²) in [4.78, 5) is 17.0. The fourth-order valence-corrected chi connectivity index (χ4v) is 3.41. The second-order valence-electron chi connectivity index (χ2n) is 8.63. The topological polar surface area (TPSA) is 65.4 Å². The zero-order valence-corrected chi connectivity index (χ0v) is 19.0. The smallest absolute Gasteiger partial charge is 0.225 e. The molecular weight excluding hydrogens is 390 g/mol. The van der Waals surface area contributed by atoms with Crippen LogP contribution < -0.4 is 14.8 Å². The van der Waals surface area contributed by atoms with Crippen molar-refractivity contribution in [2.75, 3.05) is 20.3 Å². The molecule has 0 saturated heterocycles. The number of amides is 1. The average molecular weight is 424 g/mol. The minimum atomic E-state index is -0.387. The van der Waals surface area contributed by atoms with E-state index in [0.717, 1.165) is 47.7 Å². The summed E-state index contributed by atoms with van der Waals surface area (Å²) < 4.78 is 13.5. The van der Waals surface area contributed by atoms with Crippen molar-refractivity contribution in [1.29, 1.82) is 0 Å². The van der Waals surface area contributed by atoms with E-state index in [-0.39, 0.29) is 11.3 Å². The molecular formula is C25H33N3O3. The summed E-state index contributed by atoms with van der Waals surface area (Å²) in [5, 5.41) is 3.02. The van der Waals surface area contributed by atoms with E-state index in [0.29, 0.717) is 19.6 Å². The normalized spacial score (nSPS) is 11.5. The molecule has 0 fully saturated rings. The minimum absolute atomic E-state index is 0.0589. The Labute approximate surface area is 184 Å².